The molecule has 1 N–H and O–H groups in total. The fourth-order valence-electron chi connectivity index (χ4n) is 2.81. The highest BCUT2D eigenvalue weighted by molar-refractivity contribution is 7.71. The number of fused-ring (bicyclic) bond motifs is 1. The summed E-state index contributed by atoms with van der Waals surface area (Å²) in [7, 11) is 1.95. The molecule has 6 nitrogen and oxygen atoms in total. The fourth-order valence-corrected chi connectivity index (χ4v) is 3.06. The van der Waals surface area contributed by atoms with Crippen LogP contribution in [0.5, 0.6) is 0 Å². The predicted octanol–water partition coefficient (Wildman–Crippen LogP) is 2.57. The first-order chi connectivity index (χ1) is 10.0. The Balaban J connectivity index is 2.16. The van der Waals surface area contributed by atoms with Gasteiger partial charge in [-0.05, 0) is 32.5 Å². The number of aromatic amines is 1. The van der Waals surface area contributed by atoms with Crippen molar-refractivity contribution in [2.45, 2.75) is 40.3 Å². The van der Waals surface area contributed by atoms with Gasteiger partial charge >= 0.3 is 0 Å². The molecule has 0 aliphatic carbocycles. The van der Waals surface area contributed by atoms with Crippen molar-refractivity contribution in [3.05, 3.63) is 27.9 Å². The molecule has 21 heavy (non-hydrogen) atoms. The quantitative estimate of drug-likeness (QED) is 0.754. The van der Waals surface area contributed by atoms with E-state index in [4.69, 9.17) is 12.2 Å². The Morgan fingerprint density at radius 2 is 2.05 bits per heavy atom. The monoisotopic (exact) mass is 304 g/mol. The second kappa shape index (κ2) is 5.14. The Labute approximate surface area is 128 Å². The number of aryl methyl sites for hydroxylation is 4. The minimum atomic E-state index is 0.723. The minimum Gasteiger partial charge on any atom is -0.328 e. The Hall–Kier alpha value is -1.89. The summed E-state index contributed by atoms with van der Waals surface area (Å²) in [5.41, 5.74) is 5.40. The lowest BCUT2D eigenvalue weighted by Gasteiger charge is -2.06. The van der Waals surface area contributed by atoms with Gasteiger partial charge in [0.1, 0.15) is 5.52 Å². The molecule has 0 spiro atoms. The van der Waals surface area contributed by atoms with E-state index in [2.05, 4.69) is 39.8 Å². The molecular formula is C14H20N6S. The highest BCUT2D eigenvalue weighted by Gasteiger charge is 2.16. The molecule has 0 atom stereocenters. The second-order valence-electron chi connectivity index (χ2n) is 5.24. The summed E-state index contributed by atoms with van der Waals surface area (Å²) < 4.78 is 6.71. The van der Waals surface area contributed by atoms with E-state index < -0.39 is 0 Å². The number of hydrogen-bond acceptors (Lipinski definition) is 3. The zero-order valence-electron chi connectivity index (χ0n) is 12.8. The first-order valence-corrected chi connectivity index (χ1v) is 7.63. The van der Waals surface area contributed by atoms with Crippen molar-refractivity contribution < 1.29 is 0 Å². The van der Waals surface area contributed by atoms with Crippen molar-refractivity contribution in [2.75, 3.05) is 0 Å². The highest BCUT2D eigenvalue weighted by Crippen LogP contribution is 2.20. The third kappa shape index (κ3) is 2.21. The first kappa shape index (κ1) is 14.1. The molecule has 0 saturated carbocycles. The molecule has 0 radical (unpaired) electrons. The van der Waals surface area contributed by atoms with Gasteiger partial charge in [-0.2, -0.15) is 10.2 Å². The zero-order valence-corrected chi connectivity index (χ0v) is 13.7. The van der Waals surface area contributed by atoms with Gasteiger partial charge in [-0.15, -0.1) is 0 Å². The average Bonchev–Trinajstić information content (AvgIpc) is 3.06. The van der Waals surface area contributed by atoms with Crippen molar-refractivity contribution in [2.24, 2.45) is 7.05 Å². The molecule has 0 saturated heterocycles. The largest absolute Gasteiger partial charge is 0.328 e. The predicted molar refractivity (Wildman–Crippen MR) is 85.0 cm³/mol. The SMILES string of the molecule is CCc1nn(C)cc1Cn1c(=S)[nH]c2c(C)nn(CC)c21. The average molecular weight is 304 g/mol. The number of nitrogens with zero attached hydrogens (tertiary/aromatic N) is 5. The summed E-state index contributed by atoms with van der Waals surface area (Å²) in [6.45, 7) is 7.77. The van der Waals surface area contributed by atoms with Gasteiger partial charge in [0.15, 0.2) is 10.4 Å². The summed E-state index contributed by atoms with van der Waals surface area (Å²) in [6.07, 6.45) is 2.99. The number of hydrogen-bond donors (Lipinski definition) is 1. The molecule has 3 aromatic rings. The van der Waals surface area contributed by atoms with Gasteiger partial charge in [0.25, 0.3) is 0 Å². The summed E-state index contributed by atoms with van der Waals surface area (Å²) in [5, 5.41) is 9.06. The van der Waals surface area contributed by atoms with Crippen LogP contribution in [0.1, 0.15) is 30.8 Å². The van der Waals surface area contributed by atoms with Crippen LogP contribution < -0.4 is 0 Å². The normalized spacial score (nSPS) is 11.6. The maximum Gasteiger partial charge on any atom is 0.179 e. The number of imidazole rings is 1. The van der Waals surface area contributed by atoms with Gasteiger partial charge in [-0.3, -0.25) is 9.25 Å². The van der Waals surface area contributed by atoms with Gasteiger partial charge in [0.05, 0.1) is 17.9 Å². The van der Waals surface area contributed by atoms with Crippen molar-refractivity contribution in [3.8, 4) is 0 Å². The van der Waals surface area contributed by atoms with Crippen molar-refractivity contribution in [1.29, 1.82) is 0 Å². The molecule has 0 fully saturated rings. The van der Waals surface area contributed by atoms with Crippen LogP contribution in [0.4, 0.5) is 0 Å². The highest BCUT2D eigenvalue weighted by atomic mass is 32.1. The van der Waals surface area contributed by atoms with Crippen molar-refractivity contribution >= 4 is 23.4 Å². The van der Waals surface area contributed by atoms with E-state index in [0.29, 0.717) is 0 Å². The summed E-state index contributed by atoms with van der Waals surface area (Å²) >= 11 is 5.50. The molecule has 3 rings (SSSR count). The van der Waals surface area contributed by atoms with E-state index in [1.54, 1.807) is 0 Å². The first-order valence-electron chi connectivity index (χ1n) is 7.22. The maximum atomic E-state index is 5.50. The van der Waals surface area contributed by atoms with Crippen LogP contribution in [0.2, 0.25) is 0 Å². The third-order valence-electron chi connectivity index (χ3n) is 3.79. The second-order valence-corrected chi connectivity index (χ2v) is 5.63. The molecule has 0 aliphatic rings. The van der Waals surface area contributed by atoms with E-state index in [1.807, 2.05) is 23.3 Å². The van der Waals surface area contributed by atoms with Gasteiger partial charge in [0, 0.05) is 25.4 Å². The Morgan fingerprint density at radius 3 is 2.71 bits per heavy atom. The van der Waals surface area contributed by atoms with E-state index in [9.17, 15) is 0 Å². The molecule has 3 heterocycles. The minimum absolute atomic E-state index is 0.723. The molecule has 3 aromatic heterocycles. The van der Waals surface area contributed by atoms with E-state index >= 15 is 0 Å². The Morgan fingerprint density at radius 1 is 1.29 bits per heavy atom. The number of nitrogens with one attached hydrogen (secondary N) is 1. The molecule has 0 aliphatic heterocycles. The fraction of sp³-hybridized carbons (Fsp3) is 0.500. The van der Waals surface area contributed by atoms with Crippen LogP contribution in [-0.2, 0) is 26.6 Å². The molecular weight excluding hydrogens is 284 g/mol. The number of aromatic nitrogens is 6. The number of H-pyrrole nitrogens is 1. The van der Waals surface area contributed by atoms with Crippen LogP contribution in [0.3, 0.4) is 0 Å². The van der Waals surface area contributed by atoms with Gasteiger partial charge in [0.2, 0.25) is 0 Å². The Kier molecular flexibility index (Phi) is 3.44. The van der Waals surface area contributed by atoms with Crippen LogP contribution in [0.15, 0.2) is 6.20 Å². The topological polar surface area (TPSA) is 56.4 Å². The maximum absolute atomic E-state index is 5.50. The molecule has 7 heteroatoms. The lowest BCUT2D eigenvalue weighted by atomic mass is 10.2. The van der Waals surface area contributed by atoms with E-state index in [1.165, 1.54) is 5.56 Å². The summed E-state index contributed by atoms with van der Waals surface area (Å²) in [6, 6.07) is 0. The van der Waals surface area contributed by atoms with Crippen LogP contribution in [-0.4, -0.2) is 29.1 Å². The molecule has 0 bridgehead atoms. The Bertz CT molecular complexity index is 847. The van der Waals surface area contributed by atoms with Gasteiger partial charge < -0.3 is 4.98 Å². The third-order valence-corrected chi connectivity index (χ3v) is 4.11. The van der Waals surface area contributed by atoms with Crippen molar-refractivity contribution in [3.63, 3.8) is 0 Å². The van der Waals surface area contributed by atoms with E-state index in [-0.39, 0.29) is 0 Å². The lowest BCUT2D eigenvalue weighted by molar-refractivity contribution is 0.642. The van der Waals surface area contributed by atoms with Crippen molar-refractivity contribution in [1.82, 2.24) is 29.1 Å². The summed E-state index contributed by atoms with van der Waals surface area (Å²) in [5.74, 6) is 0. The molecule has 0 aromatic carbocycles. The molecule has 112 valence electrons. The van der Waals surface area contributed by atoms with Gasteiger partial charge in [-0.1, -0.05) is 6.92 Å². The standard InChI is InChI=1S/C14H20N6S/c1-5-11-10(7-18(4)17-11)8-19-13-12(15-14(19)21)9(3)16-20(13)6-2/h7H,5-6,8H2,1-4H3,(H,15,21). The van der Waals surface area contributed by atoms with E-state index in [0.717, 1.165) is 46.8 Å². The number of rotatable bonds is 4. The van der Waals surface area contributed by atoms with Crippen LogP contribution in [0.25, 0.3) is 11.2 Å². The van der Waals surface area contributed by atoms with Crippen LogP contribution >= 0.6 is 12.2 Å². The zero-order chi connectivity index (χ0) is 15.1. The smallest absolute Gasteiger partial charge is 0.179 e. The van der Waals surface area contributed by atoms with Crippen LogP contribution in [0, 0.1) is 11.7 Å². The molecule has 0 amide bonds. The summed E-state index contributed by atoms with van der Waals surface area (Å²) in [4.78, 5) is 3.28. The lowest BCUT2D eigenvalue weighted by Crippen LogP contribution is -2.07. The molecule has 0 unspecified atom stereocenters. The van der Waals surface area contributed by atoms with Gasteiger partial charge in [-0.25, -0.2) is 4.68 Å².